The van der Waals surface area contributed by atoms with Gasteiger partial charge in [0.15, 0.2) is 0 Å². The van der Waals surface area contributed by atoms with Gasteiger partial charge in [-0.1, -0.05) is 0 Å². The van der Waals surface area contributed by atoms with Gasteiger partial charge in [-0.25, -0.2) is 9.18 Å². The van der Waals surface area contributed by atoms with Gasteiger partial charge in [0.25, 0.3) is 0 Å². The summed E-state index contributed by atoms with van der Waals surface area (Å²) in [6.45, 7) is 6.16. The van der Waals surface area contributed by atoms with E-state index in [0.717, 1.165) is 0 Å². The van der Waals surface area contributed by atoms with Gasteiger partial charge in [-0.05, 0) is 45.0 Å². The molecule has 0 radical (unpaired) electrons. The van der Waals surface area contributed by atoms with Crippen LogP contribution in [0.2, 0.25) is 0 Å². The van der Waals surface area contributed by atoms with Crippen molar-refractivity contribution in [2.75, 3.05) is 13.2 Å². The highest BCUT2D eigenvalue weighted by molar-refractivity contribution is 5.89. The monoisotopic (exact) mass is 269 g/mol. The largest absolute Gasteiger partial charge is 0.459 e. The highest BCUT2D eigenvalue weighted by atomic mass is 19.1. The van der Waals surface area contributed by atoms with Crippen molar-refractivity contribution in [1.82, 2.24) is 5.32 Å². The highest BCUT2D eigenvalue weighted by Gasteiger charge is 2.14. The summed E-state index contributed by atoms with van der Waals surface area (Å²) in [4.78, 5) is 11.6. The fourth-order valence-electron chi connectivity index (χ4n) is 1.32. The van der Waals surface area contributed by atoms with Crippen LogP contribution in [-0.4, -0.2) is 35.9 Å². The Hall–Kier alpha value is -1.46. The third kappa shape index (κ3) is 6.31. The van der Waals surface area contributed by atoms with Crippen LogP contribution in [0.5, 0.6) is 0 Å². The third-order valence-electron chi connectivity index (χ3n) is 2.35. The molecule has 5 heteroatoms. The SMILES string of the molecule is CC(C)(C)NC[C@H](O)COC(=O)c1ccc(F)cc1. The van der Waals surface area contributed by atoms with Crippen molar-refractivity contribution in [3.8, 4) is 0 Å². The molecule has 1 rings (SSSR count). The molecule has 0 amide bonds. The van der Waals surface area contributed by atoms with E-state index in [1.807, 2.05) is 20.8 Å². The number of rotatable bonds is 5. The summed E-state index contributed by atoms with van der Waals surface area (Å²) in [5.74, 6) is -0.985. The zero-order chi connectivity index (χ0) is 14.5. The average Bonchev–Trinajstić information content (AvgIpc) is 2.33. The lowest BCUT2D eigenvalue weighted by Crippen LogP contribution is -2.42. The Kier molecular flexibility index (Phi) is 5.44. The Morgan fingerprint density at radius 3 is 2.47 bits per heavy atom. The minimum absolute atomic E-state index is 0.0979. The molecule has 0 heterocycles. The van der Waals surface area contributed by atoms with Crippen LogP contribution >= 0.6 is 0 Å². The van der Waals surface area contributed by atoms with Crippen molar-refractivity contribution in [3.05, 3.63) is 35.6 Å². The molecule has 1 aromatic rings. The molecule has 0 saturated heterocycles. The van der Waals surface area contributed by atoms with Crippen molar-refractivity contribution in [3.63, 3.8) is 0 Å². The van der Waals surface area contributed by atoms with E-state index >= 15 is 0 Å². The quantitative estimate of drug-likeness (QED) is 0.799. The van der Waals surface area contributed by atoms with Crippen LogP contribution in [-0.2, 0) is 4.74 Å². The normalized spacial score (nSPS) is 13.1. The number of hydrogen-bond acceptors (Lipinski definition) is 4. The standard InChI is InChI=1S/C14H20FNO3/c1-14(2,3)16-8-12(17)9-19-13(18)10-4-6-11(15)7-5-10/h4-7,12,16-17H,8-9H2,1-3H3/t12-/m0/s1. The third-order valence-corrected chi connectivity index (χ3v) is 2.35. The topological polar surface area (TPSA) is 58.6 Å². The maximum Gasteiger partial charge on any atom is 0.338 e. The molecular formula is C14H20FNO3. The van der Waals surface area contributed by atoms with E-state index in [4.69, 9.17) is 4.74 Å². The number of aliphatic hydroxyl groups excluding tert-OH is 1. The zero-order valence-electron chi connectivity index (χ0n) is 11.4. The number of ether oxygens (including phenoxy) is 1. The van der Waals surface area contributed by atoms with E-state index in [0.29, 0.717) is 6.54 Å². The molecule has 0 unspecified atom stereocenters. The average molecular weight is 269 g/mol. The second-order valence-corrected chi connectivity index (χ2v) is 5.39. The maximum absolute atomic E-state index is 12.7. The lowest BCUT2D eigenvalue weighted by molar-refractivity contribution is 0.0247. The molecule has 106 valence electrons. The number of hydrogen-bond donors (Lipinski definition) is 2. The molecule has 0 saturated carbocycles. The summed E-state index contributed by atoms with van der Waals surface area (Å²) >= 11 is 0. The first kappa shape index (κ1) is 15.6. The van der Waals surface area contributed by atoms with Crippen molar-refractivity contribution < 1.29 is 19.0 Å². The van der Waals surface area contributed by atoms with Crippen molar-refractivity contribution >= 4 is 5.97 Å². The Bertz CT molecular complexity index is 412. The first-order valence-corrected chi connectivity index (χ1v) is 6.14. The summed E-state index contributed by atoms with van der Waals surface area (Å²) in [5.41, 5.74) is 0.152. The van der Waals surface area contributed by atoms with Gasteiger partial charge in [-0.2, -0.15) is 0 Å². The Balaban J connectivity index is 2.36. The van der Waals surface area contributed by atoms with Gasteiger partial charge >= 0.3 is 5.97 Å². The molecule has 1 aromatic carbocycles. The fraction of sp³-hybridized carbons (Fsp3) is 0.500. The van der Waals surface area contributed by atoms with Crippen molar-refractivity contribution in [2.24, 2.45) is 0 Å². The molecule has 4 nitrogen and oxygen atoms in total. The second-order valence-electron chi connectivity index (χ2n) is 5.39. The molecule has 0 aliphatic heterocycles. The first-order valence-electron chi connectivity index (χ1n) is 6.14. The molecule has 0 aliphatic carbocycles. The maximum atomic E-state index is 12.7. The summed E-state index contributed by atoms with van der Waals surface area (Å²) < 4.78 is 17.6. The number of carbonyl (C=O) groups is 1. The van der Waals surface area contributed by atoms with Crippen LogP contribution in [0.15, 0.2) is 24.3 Å². The van der Waals surface area contributed by atoms with E-state index in [1.54, 1.807) is 0 Å². The number of nitrogens with one attached hydrogen (secondary N) is 1. The van der Waals surface area contributed by atoms with E-state index in [2.05, 4.69) is 5.32 Å². The first-order chi connectivity index (χ1) is 8.78. The lowest BCUT2D eigenvalue weighted by Gasteiger charge is -2.22. The molecule has 2 N–H and O–H groups in total. The number of carbonyl (C=O) groups excluding carboxylic acids is 1. The van der Waals surface area contributed by atoms with Gasteiger partial charge in [0.2, 0.25) is 0 Å². The van der Waals surface area contributed by atoms with E-state index < -0.39 is 17.9 Å². The van der Waals surface area contributed by atoms with Gasteiger partial charge < -0.3 is 15.2 Å². The van der Waals surface area contributed by atoms with Gasteiger partial charge in [0.05, 0.1) is 5.56 Å². The Morgan fingerprint density at radius 1 is 1.37 bits per heavy atom. The lowest BCUT2D eigenvalue weighted by atomic mass is 10.1. The van der Waals surface area contributed by atoms with Crippen molar-refractivity contribution in [2.45, 2.75) is 32.4 Å². The smallest absolute Gasteiger partial charge is 0.338 e. The number of β-amino-alcohol motifs (C(OH)–C–C–N with tert-alkyl or cyclic N) is 1. The highest BCUT2D eigenvalue weighted by Crippen LogP contribution is 2.05. The molecule has 0 bridgehead atoms. The molecule has 0 aliphatic rings. The molecular weight excluding hydrogens is 249 g/mol. The van der Waals surface area contributed by atoms with E-state index in [9.17, 15) is 14.3 Å². The van der Waals surface area contributed by atoms with Gasteiger partial charge in [0.1, 0.15) is 18.5 Å². The molecule has 0 spiro atoms. The van der Waals surface area contributed by atoms with Crippen LogP contribution in [0.3, 0.4) is 0 Å². The second kappa shape index (κ2) is 6.63. The van der Waals surface area contributed by atoms with Gasteiger partial charge in [-0.3, -0.25) is 0 Å². The predicted molar refractivity (Wildman–Crippen MR) is 70.4 cm³/mol. The molecule has 19 heavy (non-hydrogen) atoms. The van der Waals surface area contributed by atoms with Crippen LogP contribution in [0.1, 0.15) is 31.1 Å². The number of halogens is 1. The van der Waals surface area contributed by atoms with E-state index in [1.165, 1.54) is 24.3 Å². The summed E-state index contributed by atoms with van der Waals surface area (Å²) in [6, 6.07) is 5.07. The zero-order valence-corrected chi connectivity index (χ0v) is 11.4. The minimum Gasteiger partial charge on any atom is -0.459 e. The Morgan fingerprint density at radius 2 is 1.95 bits per heavy atom. The van der Waals surface area contributed by atoms with Gasteiger partial charge in [-0.15, -0.1) is 0 Å². The number of aliphatic hydroxyl groups is 1. The molecule has 0 aromatic heterocycles. The Labute approximate surface area is 112 Å². The van der Waals surface area contributed by atoms with Crippen molar-refractivity contribution in [1.29, 1.82) is 0 Å². The van der Waals surface area contributed by atoms with Crippen LogP contribution in [0.25, 0.3) is 0 Å². The summed E-state index contributed by atoms with van der Waals surface area (Å²) in [7, 11) is 0. The minimum atomic E-state index is -0.774. The molecule has 0 fully saturated rings. The van der Waals surface area contributed by atoms with Crippen LogP contribution < -0.4 is 5.32 Å². The van der Waals surface area contributed by atoms with Crippen LogP contribution in [0, 0.1) is 5.82 Å². The number of benzene rings is 1. The van der Waals surface area contributed by atoms with Gasteiger partial charge in [0, 0.05) is 12.1 Å². The summed E-state index contributed by atoms with van der Waals surface area (Å²) in [5, 5.41) is 12.8. The predicted octanol–water partition coefficient (Wildman–Crippen LogP) is 1.73. The summed E-state index contributed by atoms with van der Waals surface area (Å²) in [6.07, 6.45) is -0.774. The van der Waals surface area contributed by atoms with E-state index in [-0.39, 0.29) is 17.7 Å². The number of esters is 1. The van der Waals surface area contributed by atoms with Crippen LogP contribution in [0.4, 0.5) is 4.39 Å². The molecule has 1 atom stereocenters. The fourth-order valence-corrected chi connectivity index (χ4v) is 1.32.